The van der Waals surface area contributed by atoms with Crippen molar-refractivity contribution in [1.82, 2.24) is 14.6 Å². The maximum Gasteiger partial charge on any atom is 0.157 e. The molecule has 0 spiro atoms. The van der Waals surface area contributed by atoms with Crippen LogP contribution >= 0.6 is 11.6 Å². The molecule has 0 N–H and O–H groups in total. The Morgan fingerprint density at radius 1 is 1.38 bits per heavy atom. The second-order valence-corrected chi connectivity index (χ2v) is 4.05. The smallest absolute Gasteiger partial charge is 0.157 e. The van der Waals surface area contributed by atoms with Crippen LogP contribution in [0.25, 0.3) is 5.65 Å². The van der Waals surface area contributed by atoms with Crippen LogP contribution in [0.5, 0.6) is 0 Å². The fourth-order valence-corrected chi connectivity index (χ4v) is 1.88. The molecule has 4 nitrogen and oxygen atoms in total. The highest BCUT2D eigenvalue weighted by atomic mass is 35.5. The highest BCUT2D eigenvalue weighted by Gasteiger charge is 2.07. The molecule has 0 atom stereocenters. The third-order valence-electron chi connectivity index (χ3n) is 2.29. The average molecular weight is 240 g/mol. The number of methoxy groups -OCH3 is 1. The molecule has 2 rings (SSSR count). The molecule has 0 aromatic carbocycles. The zero-order chi connectivity index (χ0) is 11.5. The van der Waals surface area contributed by atoms with Gasteiger partial charge in [-0.25, -0.2) is 9.50 Å². The van der Waals surface area contributed by atoms with Crippen LogP contribution in [-0.4, -0.2) is 21.7 Å². The van der Waals surface area contributed by atoms with Crippen molar-refractivity contribution in [2.24, 2.45) is 0 Å². The molecule has 2 aromatic rings. The quantitative estimate of drug-likeness (QED) is 0.770. The maximum atomic E-state index is 6.12. The maximum absolute atomic E-state index is 6.12. The number of hydrogen-bond donors (Lipinski definition) is 0. The van der Waals surface area contributed by atoms with Gasteiger partial charge < -0.3 is 4.74 Å². The molecule has 2 aromatic heterocycles. The van der Waals surface area contributed by atoms with Crippen molar-refractivity contribution < 1.29 is 4.74 Å². The molecule has 0 amide bonds. The lowest BCUT2D eigenvalue weighted by molar-refractivity contribution is 0.181. The van der Waals surface area contributed by atoms with Crippen LogP contribution in [0.2, 0.25) is 5.15 Å². The van der Waals surface area contributed by atoms with Crippen LogP contribution in [0.3, 0.4) is 0 Å². The van der Waals surface area contributed by atoms with Gasteiger partial charge >= 0.3 is 0 Å². The summed E-state index contributed by atoms with van der Waals surface area (Å²) in [7, 11) is 1.64. The van der Waals surface area contributed by atoms with Gasteiger partial charge in [-0.2, -0.15) is 5.10 Å². The fourth-order valence-electron chi connectivity index (χ4n) is 1.63. The summed E-state index contributed by atoms with van der Waals surface area (Å²) in [6.07, 6.45) is 2.01. The number of rotatable bonds is 4. The number of aryl methyl sites for hydroxylation is 1. The molecule has 16 heavy (non-hydrogen) atoms. The Kier molecular flexibility index (Phi) is 3.41. The van der Waals surface area contributed by atoms with E-state index in [1.807, 2.05) is 6.07 Å². The second-order valence-electron chi connectivity index (χ2n) is 3.66. The normalized spacial score (nSPS) is 11.2. The first kappa shape index (κ1) is 11.4. The van der Waals surface area contributed by atoms with Crippen LogP contribution in [0.1, 0.15) is 24.7 Å². The molecular weight excluding hydrogens is 226 g/mol. The summed E-state index contributed by atoms with van der Waals surface area (Å²) in [6, 6.07) is 3.75. The number of nitrogens with zero attached hydrogens (tertiary/aromatic N) is 3. The lowest BCUT2D eigenvalue weighted by Crippen LogP contribution is -1.98. The molecule has 2 heterocycles. The van der Waals surface area contributed by atoms with E-state index in [1.165, 1.54) is 0 Å². The van der Waals surface area contributed by atoms with Gasteiger partial charge in [0.2, 0.25) is 0 Å². The predicted molar refractivity (Wildman–Crippen MR) is 62.7 cm³/mol. The molecule has 86 valence electrons. The molecule has 0 aliphatic rings. The summed E-state index contributed by atoms with van der Waals surface area (Å²) in [5.74, 6) is 0. The van der Waals surface area contributed by atoms with E-state index in [1.54, 1.807) is 17.7 Å². The Hall–Kier alpha value is -1.13. The van der Waals surface area contributed by atoms with E-state index in [0.29, 0.717) is 11.8 Å². The monoisotopic (exact) mass is 239 g/mol. The Balaban J connectivity index is 2.45. The van der Waals surface area contributed by atoms with Gasteiger partial charge in [0.25, 0.3) is 0 Å². The molecule has 0 saturated carbocycles. The molecule has 0 unspecified atom stereocenters. The number of ether oxygens (including phenoxy) is 1. The molecule has 5 heteroatoms. The zero-order valence-electron chi connectivity index (χ0n) is 9.40. The lowest BCUT2D eigenvalue weighted by Gasteiger charge is -2.01. The van der Waals surface area contributed by atoms with Crippen molar-refractivity contribution >= 4 is 17.2 Å². The van der Waals surface area contributed by atoms with E-state index in [0.717, 1.165) is 29.9 Å². The van der Waals surface area contributed by atoms with Gasteiger partial charge in [-0.1, -0.05) is 24.9 Å². The summed E-state index contributed by atoms with van der Waals surface area (Å²) >= 11 is 6.12. The third-order valence-corrected chi connectivity index (χ3v) is 2.55. The van der Waals surface area contributed by atoms with E-state index < -0.39 is 0 Å². The van der Waals surface area contributed by atoms with Gasteiger partial charge in [-0.05, 0) is 12.5 Å². The van der Waals surface area contributed by atoms with Gasteiger partial charge in [-0.3, -0.25) is 0 Å². The highest BCUT2D eigenvalue weighted by Crippen LogP contribution is 2.15. The third kappa shape index (κ3) is 2.18. The highest BCUT2D eigenvalue weighted by molar-refractivity contribution is 6.29. The lowest BCUT2D eigenvalue weighted by atomic mass is 10.2. The molecule has 0 saturated heterocycles. The van der Waals surface area contributed by atoms with Gasteiger partial charge in [-0.15, -0.1) is 0 Å². The van der Waals surface area contributed by atoms with Crippen molar-refractivity contribution in [3.8, 4) is 0 Å². The Labute approximate surface area is 99.2 Å². The number of aromatic nitrogens is 3. The molecule has 0 radical (unpaired) electrons. The summed E-state index contributed by atoms with van der Waals surface area (Å²) < 4.78 is 6.69. The molecule has 0 aliphatic heterocycles. The minimum Gasteiger partial charge on any atom is -0.378 e. The molecule has 0 bridgehead atoms. The van der Waals surface area contributed by atoms with Gasteiger partial charge in [0, 0.05) is 13.2 Å². The summed E-state index contributed by atoms with van der Waals surface area (Å²) in [5.41, 5.74) is 2.62. The summed E-state index contributed by atoms with van der Waals surface area (Å²) in [6.45, 7) is 2.58. The van der Waals surface area contributed by atoms with Crippen LogP contribution in [-0.2, 0) is 17.8 Å². The first-order valence-electron chi connectivity index (χ1n) is 5.27. The SMILES string of the molecule is CCCc1cc2nc(COC)cc(Cl)n2n1. The van der Waals surface area contributed by atoms with Crippen LogP contribution < -0.4 is 0 Å². The number of fused-ring (bicyclic) bond motifs is 1. The minimum atomic E-state index is 0.463. The standard InChI is InChI=1S/C11H14ClN3O/c1-3-4-8-6-11-13-9(7-16-2)5-10(12)15(11)14-8/h5-6H,3-4,7H2,1-2H3. The van der Waals surface area contributed by atoms with E-state index in [2.05, 4.69) is 17.0 Å². The van der Waals surface area contributed by atoms with E-state index in [4.69, 9.17) is 16.3 Å². The Morgan fingerprint density at radius 3 is 2.88 bits per heavy atom. The van der Waals surface area contributed by atoms with E-state index >= 15 is 0 Å². The molecule has 0 fully saturated rings. The summed E-state index contributed by atoms with van der Waals surface area (Å²) in [4.78, 5) is 4.42. The fraction of sp³-hybridized carbons (Fsp3) is 0.455. The van der Waals surface area contributed by atoms with Gasteiger partial charge in [0.05, 0.1) is 18.0 Å². The van der Waals surface area contributed by atoms with Crippen molar-refractivity contribution in [2.75, 3.05) is 7.11 Å². The van der Waals surface area contributed by atoms with Crippen molar-refractivity contribution in [3.05, 3.63) is 28.7 Å². The summed E-state index contributed by atoms with van der Waals surface area (Å²) in [5, 5.41) is 4.95. The second kappa shape index (κ2) is 4.80. The number of hydrogen-bond acceptors (Lipinski definition) is 3. The van der Waals surface area contributed by atoms with Crippen LogP contribution in [0.15, 0.2) is 12.1 Å². The zero-order valence-corrected chi connectivity index (χ0v) is 10.2. The van der Waals surface area contributed by atoms with Gasteiger partial charge in [0.15, 0.2) is 5.65 Å². The van der Waals surface area contributed by atoms with Crippen molar-refractivity contribution in [1.29, 1.82) is 0 Å². The van der Waals surface area contributed by atoms with E-state index in [-0.39, 0.29) is 0 Å². The minimum absolute atomic E-state index is 0.463. The molecular formula is C11H14ClN3O. The van der Waals surface area contributed by atoms with Crippen molar-refractivity contribution in [3.63, 3.8) is 0 Å². The predicted octanol–water partition coefficient (Wildman–Crippen LogP) is 2.48. The molecule has 0 aliphatic carbocycles. The largest absolute Gasteiger partial charge is 0.378 e. The Morgan fingerprint density at radius 2 is 2.19 bits per heavy atom. The van der Waals surface area contributed by atoms with Crippen LogP contribution in [0, 0.1) is 0 Å². The van der Waals surface area contributed by atoms with Gasteiger partial charge in [0.1, 0.15) is 5.15 Å². The average Bonchev–Trinajstić information content (AvgIpc) is 2.62. The first-order chi connectivity index (χ1) is 7.74. The van der Waals surface area contributed by atoms with Crippen LogP contribution in [0.4, 0.5) is 0 Å². The Bertz CT molecular complexity index is 495. The first-order valence-corrected chi connectivity index (χ1v) is 5.65. The topological polar surface area (TPSA) is 39.4 Å². The van der Waals surface area contributed by atoms with Crippen molar-refractivity contribution in [2.45, 2.75) is 26.4 Å². The number of halogens is 1. The van der Waals surface area contributed by atoms with E-state index in [9.17, 15) is 0 Å².